The molecule has 1 unspecified atom stereocenters. The smallest absolute Gasteiger partial charge is 0.231 e. The first-order chi connectivity index (χ1) is 12.2. The standard InChI is InChI=1S/C18H25N5OS/c1-3-7-14-15(4-2)25-18(21-14)22-16(24)13-8-5-11-23(12-13)17-19-9-6-10-20-17/h6,9-10,13H,3-5,7-8,11-12H2,1-2H3,(H,21,22,24). The van der Waals surface area contributed by atoms with Crippen LogP contribution in [0.25, 0.3) is 0 Å². The highest BCUT2D eigenvalue weighted by Gasteiger charge is 2.27. The molecule has 25 heavy (non-hydrogen) atoms. The highest BCUT2D eigenvalue weighted by Crippen LogP contribution is 2.26. The summed E-state index contributed by atoms with van der Waals surface area (Å²) in [5, 5.41) is 3.77. The van der Waals surface area contributed by atoms with Crippen LogP contribution in [0.1, 0.15) is 43.7 Å². The average molecular weight is 359 g/mol. The predicted molar refractivity (Wildman–Crippen MR) is 101 cm³/mol. The van der Waals surface area contributed by atoms with Crippen LogP contribution in [0.2, 0.25) is 0 Å². The second-order valence-electron chi connectivity index (χ2n) is 6.32. The third-order valence-corrected chi connectivity index (χ3v) is 5.60. The number of piperidine rings is 1. The van der Waals surface area contributed by atoms with Gasteiger partial charge in [-0.3, -0.25) is 4.79 Å². The molecule has 1 aliphatic rings. The Morgan fingerprint density at radius 3 is 2.88 bits per heavy atom. The van der Waals surface area contributed by atoms with E-state index >= 15 is 0 Å². The van der Waals surface area contributed by atoms with Crippen molar-refractivity contribution in [2.45, 2.75) is 46.0 Å². The number of amides is 1. The van der Waals surface area contributed by atoms with Crippen LogP contribution < -0.4 is 10.2 Å². The van der Waals surface area contributed by atoms with E-state index in [1.165, 1.54) is 4.88 Å². The number of nitrogens with one attached hydrogen (secondary N) is 1. The van der Waals surface area contributed by atoms with Gasteiger partial charge in [0.1, 0.15) is 0 Å². The Labute approximate surface area is 152 Å². The fourth-order valence-corrected chi connectivity index (χ4v) is 4.13. The van der Waals surface area contributed by atoms with Gasteiger partial charge in [0.2, 0.25) is 11.9 Å². The minimum absolute atomic E-state index is 0.0545. The molecule has 134 valence electrons. The monoisotopic (exact) mass is 359 g/mol. The summed E-state index contributed by atoms with van der Waals surface area (Å²) in [5.41, 5.74) is 1.13. The Balaban J connectivity index is 1.65. The summed E-state index contributed by atoms with van der Waals surface area (Å²) in [6.07, 6.45) is 8.34. The minimum Gasteiger partial charge on any atom is -0.340 e. The second-order valence-corrected chi connectivity index (χ2v) is 7.40. The van der Waals surface area contributed by atoms with Crippen molar-refractivity contribution in [2.24, 2.45) is 5.92 Å². The molecule has 1 amide bonds. The summed E-state index contributed by atoms with van der Waals surface area (Å²) in [5.74, 6) is 0.703. The van der Waals surface area contributed by atoms with Crippen LogP contribution in [0.4, 0.5) is 11.1 Å². The lowest BCUT2D eigenvalue weighted by Crippen LogP contribution is -2.41. The molecule has 7 heteroatoms. The van der Waals surface area contributed by atoms with Crippen molar-refractivity contribution >= 4 is 28.3 Å². The van der Waals surface area contributed by atoms with Crippen molar-refractivity contribution in [3.63, 3.8) is 0 Å². The molecule has 0 bridgehead atoms. The Morgan fingerprint density at radius 1 is 1.36 bits per heavy atom. The summed E-state index contributed by atoms with van der Waals surface area (Å²) in [4.78, 5) is 29.3. The summed E-state index contributed by atoms with van der Waals surface area (Å²) in [7, 11) is 0. The number of anilines is 2. The topological polar surface area (TPSA) is 71.0 Å². The summed E-state index contributed by atoms with van der Waals surface area (Å²) in [6.45, 7) is 5.84. The molecule has 3 rings (SSSR count). The van der Waals surface area contributed by atoms with Crippen LogP contribution in [0, 0.1) is 5.92 Å². The fourth-order valence-electron chi connectivity index (χ4n) is 3.18. The largest absolute Gasteiger partial charge is 0.340 e. The van der Waals surface area contributed by atoms with Gasteiger partial charge in [-0.2, -0.15) is 0 Å². The lowest BCUT2D eigenvalue weighted by atomic mass is 9.97. The van der Waals surface area contributed by atoms with Crippen molar-refractivity contribution in [1.29, 1.82) is 0 Å². The van der Waals surface area contributed by atoms with Gasteiger partial charge in [-0.05, 0) is 31.7 Å². The minimum atomic E-state index is -0.0545. The molecule has 2 aromatic rings. The first-order valence-electron chi connectivity index (χ1n) is 9.02. The first kappa shape index (κ1) is 17.8. The molecule has 0 aromatic carbocycles. The van der Waals surface area contributed by atoms with E-state index in [0.29, 0.717) is 12.5 Å². The van der Waals surface area contributed by atoms with Crippen LogP contribution >= 0.6 is 11.3 Å². The molecule has 1 N–H and O–H groups in total. The molecule has 1 fully saturated rings. The molecular weight excluding hydrogens is 334 g/mol. The summed E-state index contributed by atoms with van der Waals surface area (Å²) in [6, 6.07) is 1.80. The summed E-state index contributed by atoms with van der Waals surface area (Å²) >= 11 is 1.61. The maximum Gasteiger partial charge on any atom is 0.231 e. The van der Waals surface area contributed by atoms with Crippen molar-refractivity contribution in [2.75, 3.05) is 23.3 Å². The van der Waals surface area contributed by atoms with E-state index < -0.39 is 0 Å². The first-order valence-corrected chi connectivity index (χ1v) is 9.84. The van der Waals surface area contributed by atoms with Gasteiger partial charge in [0, 0.05) is 30.4 Å². The van der Waals surface area contributed by atoms with Gasteiger partial charge in [0.15, 0.2) is 5.13 Å². The molecule has 0 spiro atoms. The molecule has 0 saturated carbocycles. The highest BCUT2D eigenvalue weighted by atomic mass is 32.1. The second kappa shape index (κ2) is 8.38. The number of rotatable bonds is 6. The Morgan fingerprint density at radius 2 is 2.16 bits per heavy atom. The van der Waals surface area contributed by atoms with Gasteiger partial charge < -0.3 is 10.2 Å². The van der Waals surface area contributed by atoms with Gasteiger partial charge in [-0.1, -0.05) is 20.3 Å². The van der Waals surface area contributed by atoms with Gasteiger partial charge in [-0.25, -0.2) is 15.0 Å². The Kier molecular flexibility index (Phi) is 5.96. The van der Waals surface area contributed by atoms with Gasteiger partial charge in [-0.15, -0.1) is 11.3 Å². The predicted octanol–water partition coefficient (Wildman–Crippen LogP) is 3.30. The van der Waals surface area contributed by atoms with Crippen LogP contribution in [-0.2, 0) is 17.6 Å². The van der Waals surface area contributed by atoms with Crippen molar-refractivity contribution < 1.29 is 4.79 Å². The SMILES string of the molecule is CCCc1nc(NC(=O)C2CCCN(c3ncccn3)C2)sc1CC. The van der Waals surface area contributed by atoms with Crippen molar-refractivity contribution in [3.05, 3.63) is 29.0 Å². The Bertz CT molecular complexity index is 703. The lowest BCUT2D eigenvalue weighted by molar-refractivity contribution is -0.120. The third-order valence-electron chi connectivity index (χ3n) is 4.44. The molecule has 1 atom stereocenters. The number of hydrogen-bond donors (Lipinski definition) is 1. The zero-order valence-electron chi connectivity index (χ0n) is 14.9. The number of nitrogens with zero attached hydrogens (tertiary/aromatic N) is 4. The number of aryl methyl sites for hydroxylation is 2. The summed E-state index contributed by atoms with van der Waals surface area (Å²) < 4.78 is 0. The quantitative estimate of drug-likeness (QED) is 0.857. The van der Waals surface area contributed by atoms with E-state index in [-0.39, 0.29) is 11.8 Å². The van der Waals surface area contributed by atoms with Crippen LogP contribution in [0.5, 0.6) is 0 Å². The van der Waals surface area contributed by atoms with E-state index in [0.717, 1.165) is 49.5 Å². The van der Waals surface area contributed by atoms with Gasteiger partial charge >= 0.3 is 0 Å². The zero-order chi connectivity index (χ0) is 17.6. The normalized spacial score (nSPS) is 17.5. The molecular formula is C18H25N5OS. The number of carbonyl (C=O) groups is 1. The lowest BCUT2D eigenvalue weighted by Gasteiger charge is -2.31. The van der Waals surface area contributed by atoms with E-state index in [1.807, 2.05) is 0 Å². The van der Waals surface area contributed by atoms with E-state index in [2.05, 4.69) is 39.0 Å². The van der Waals surface area contributed by atoms with E-state index in [4.69, 9.17) is 0 Å². The van der Waals surface area contributed by atoms with Gasteiger partial charge in [0.05, 0.1) is 11.6 Å². The third kappa shape index (κ3) is 4.34. The van der Waals surface area contributed by atoms with E-state index in [9.17, 15) is 4.79 Å². The Hall–Kier alpha value is -2.02. The zero-order valence-corrected chi connectivity index (χ0v) is 15.7. The molecule has 6 nitrogen and oxygen atoms in total. The molecule has 2 aromatic heterocycles. The van der Waals surface area contributed by atoms with E-state index in [1.54, 1.807) is 29.8 Å². The number of carbonyl (C=O) groups excluding carboxylic acids is 1. The fraction of sp³-hybridized carbons (Fsp3) is 0.556. The molecule has 3 heterocycles. The highest BCUT2D eigenvalue weighted by molar-refractivity contribution is 7.15. The molecule has 0 aliphatic carbocycles. The molecule has 0 radical (unpaired) electrons. The van der Waals surface area contributed by atoms with Crippen LogP contribution in [0.3, 0.4) is 0 Å². The van der Waals surface area contributed by atoms with Crippen molar-refractivity contribution in [1.82, 2.24) is 15.0 Å². The van der Waals surface area contributed by atoms with Crippen molar-refractivity contribution in [3.8, 4) is 0 Å². The molecule has 1 saturated heterocycles. The number of hydrogen-bond acceptors (Lipinski definition) is 6. The number of thiazole rings is 1. The van der Waals surface area contributed by atoms with Crippen LogP contribution in [-0.4, -0.2) is 33.9 Å². The van der Waals surface area contributed by atoms with Gasteiger partial charge in [0.25, 0.3) is 0 Å². The maximum absolute atomic E-state index is 12.7. The molecule has 1 aliphatic heterocycles. The maximum atomic E-state index is 12.7. The average Bonchev–Trinajstić information content (AvgIpc) is 3.04. The van der Waals surface area contributed by atoms with Crippen LogP contribution in [0.15, 0.2) is 18.5 Å². The number of aromatic nitrogens is 3.